The summed E-state index contributed by atoms with van der Waals surface area (Å²) in [5.41, 5.74) is 0.830. The third kappa shape index (κ3) is 7.22. The number of ether oxygens (including phenoxy) is 1. The van der Waals surface area contributed by atoms with Crippen LogP contribution in [0.5, 0.6) is 5.75 Å². The van der Waals surface area contributed by atoms with E-state index < -0.39 is 28.4 Å². The number of carbonyl (C=O) groups is 2. The van der Waals surface area contributed by atoms with Crippen LogP contribution in [-0.4, -0.2) is 71.9 Å². The standard InChI is InChI=1S/C24H32F2N2O4S/c1-17(5-9-27(2)19-7-11-33(31)12-8-19)23(16-30)28(3)15-18(6-10-29)24-21(25)13-20(32-4)14-22(24)26/h5,9-10,13-14,16,18-19H,6-8,11-12,15H2,1-4H3/b9-5-,23-17+. The molecule has 1 aliphatic rings. The second-order valence-electron chi connectivity index (χ2n) is 8.23. The van der Waals surface area contributed by atoms with Gasteiger partial charge in [-0.15, -0.1) is 0 Å². The van der Waals surface area contributed by atoms with Gasteiger partial charge in [0.2, 0.25) is 0 Å². The van der Waals surface area contributed by atoms with Gasteiger partial charge in [-0.05, 0) is 37.6 Å². The van der Waals surface area contributed by atoms with Crippen molar-refractivity contribution in [2.75, 3.05) is 39.3 Å². The van der Waals surface area contributed by atoms with Crippen LogP contribution in [0.25, 0.3) is 0 Å². The van der Waals surface area contributed by atoms with Crippen LogP contribution >= 0.6 is 0 Å². The van der Waals surface area contributed by atoms with E-state index in [0.717, 1.165) is 25.0 Å². The summed E-state index contributed by atoms with van der Waals surface area (Å²) in [5.74, 6) is -0.941. The molecule has 0 N–H and O–H groups in total. The lowest BCUT2D eigenvalue weighted by molar-refractivity contribution is -0.108. The lowest BCUT2D eigenvalue weighted by Crippen LogP contribution is -2.34. The molecule has 182 valence electrons. The van der Waals surface area contributed by atoms with Crippen molar-refractivity contribution in [3.05, 3.63) is 52.9 Å². The third-order valence-corrected chi connectivity index (χ3v) is 7.37. The molecule has 0 radical (unpaired) electrons. The number of benzene rings is 1. The SMILES string of the molecule is COc1cc(F)c(C(CC=O)CN(C)/C(C=O)=C(C)/C=C\N(C)C2CCS(=O)CC2)c(F)c1. The van der Waals surface area contributed by atoms with Gasteiger partial charge in [0.15, 0.2) is 6.29 Å². The number of rotatable bonds is 11. The minimum atomic E-state index is -0.796. The topological polar surface area (TPSA) is 66.9 Å². The van der Waals surface area contributed by atoms with Gasteiger partial charge in [-0.2, -0.15) is 0 Å². The Bertz CT molecular complexity index is 902. The first kappa shape index (κ1) is 26.7. The van der Waals surface area contributed by atoms with Gasteiger partial charge >= 0.3 is 0 Å². The van der Waals surface area contributed by atoms with E-state index in [1.807, 2.05) is 19.3 Å². The summed E-state index contributed by atoms with van der Waals surface area (Å²) >= 11 is 0. The molecule has 0 aliphatic carbocycles. The van der Waals surface area contributed by atoms with E-state index in [-0.39, 0.29) is 24.3 Å². The number of hydrogen-bond acceptors (Lipinski definition) is 6. The molecule has 6 nitrogen and oxygen atoms in total. The van der Waals surface area contributed by atoms with Crippen LogP contribution in [0.15, 0.2) is 35.7 Å². The second-order valence-corrected chi connectivity index (χ2v) is 9.93. The Balaban J connectivity index is 2.20. The first-order chi connectivity index (χ1) is 15.7. The van der Waals surface area contributed by atoms with E-state index >= 15 is 0 Å². The molecule has 0 saturated carbocycles. The largest absolute Gasteiger partial charge is 0.497 e. The molecule has 1 saturated heterocycles. The summed E-state index contributed by atoms with van der Waals surface area (Å²) in [5, 5.41) is 0. The summed E-state index contributed by atoms with van der Waals surface area (Å²) < 4.78 is 45.7. The third-order valence-electron chi connectivity index (χ3n) is 5.99. The quantitative estimate of drug-likeness (QED) is 0.274. The van der Waals surface area contributed by atoms with Crippen molar-refractivity contribution in [2.24, 2.45) is 0 Å². The lowest BCUT2D eigenvalue weighted by Gasteiger charge is -2.30. The van der Waals surface area contributed by atoms with Gasteiger partial charge in [0.05, 0.1) is 12.8 Å². The van der Waals surface area contributed by atoms with Crippen molar-refractivity contribution < 1.29 is 27.3 Å². The predicted molar refractivity (Wildman–Crippen MR) is 126 cm³/mol. The number of hydrogen-bond donors (Lipinski definition) is 0. The van der Waals surface area contributed by atoms with Crippen molar-refractivity contribution in [1.82, 2.24) is 9.80 Å². The summed E-state index contributed by atoms with van der Waals surface area (Å²) in [7, 11) is 4.18. The summed E-state index contributed by atoms with van der Waals surface area (Å²) in [6.07, 6.45) is 6.61. The van der Waals surface area contributed by atoms with Gasteiger partial charge in [0.25, 0.3) is 0 Å². The zero-order valence-electron chi connectivity index (χ0n) is 19.6. The van der Waals surface area contributed by atoms with Crippen molar-refractivity contribution in [2.45, 2.75) is 38.1 Å². The molecule has 2 rings (SSSR count). The van der Waals surface area contributed by atoms with Crippen molar-refractivity contribution >= 4 is 23.4 Å². The van der Waals surface area contributed by atoms with E-state index in [2.05, 4.69) is 4.90 Å². The Morgan fingerprint density at radius 1 is 1.21 bits per heavy atom. The molecular weight excluding hydrogens is 450 g/mol. The fourth-order valence-electron chi connectivity index (χ4n) is 4.01. The maximum absolute atomic E-state index is 14.6. The molecule has 1 unspecified atom stereocenters. The number of carbonyl (C=O) groups excluding carboxylic acids is 2. The molecule has 9 heteroatoms. The highest BCUT2D eigenvalue weighted by Crippen LogP contribution is 2.30. The Morgan fingerprint density at radius 3 is 2.33 bits per heavy atom. The van der Waals surface area contributed by atoms with Crippen LogP contribution in [0.3, 0.4) is 0 Å². The fraction of sp³-hybridized carbons (Fsp3) is 0.500. The molecule has 1 fully saturated rings. The molecule has 1 aromatic carbocycles. The smallest absolute Gasteiger partial charge is 0.166 e. The highest BCUT2D eigenvalue weighted by atomic mass is 32.2. The number of methoxy groups -OCH3 is 1. The van der Waals surface area contributed by atoms with E-state index in [4.69, 9.17) is 4.74 Å². The summed E-state index contributed by atoms with van der Waals surface area (Å²) in [6, 6.07) is 2.46. The first-order valence-electron chi connectivity index (χ1n) is 10.8. The minimum absolute atomic E-state index is 0.0507. The number of nitrogens with zero attached hydrogens (tertiary/aromatic N) is 2. The average molecular weight is 483 g/mol. The zero-order valence-corrected chi connectivity index (χ0v) is 20.4. The summed E-state index contributed by atoms with van der Waals surface area (Å²) in [4.78, 5) is 26.7. The van der Waals surface area contributed by atoms with E-state index in [1.165, 1.54) is 7.11 Å². The van der Waals surface area contributed by atoms with Gasteiger partial charge in [0.1, 0.15) is 23.7 Å². The Labute approximate surface area is 196 Å². The number of allylic oxidation sites excluding steroid dienone is 3. The summed E-state index contributed by atoms with van der Waals surface area (Å²) in [6.45, 7) is 1.85. The molecule has 0 aromatic heterocycles. The Kier molecular flexibility index (Phi) is 10.2. The van der Waals surface area contributed by atoms with Crippen LogP contribution in [0, 0.1) is 11.6 Å². The molecule has 0 spiro atoms. The van der Waals surface area contributed by atoms with Gasteiger partial charge in [-0.1, -0.05) is 0 Å². The van der Waals surface area contributed by atoms with Crippen molar-refractivity contribution in [3.63, 3.8) is 0 Å². The zero-order chi connectivity index (χ0) is 24.5. The van der Waals surface area contributed by atoms with Gasteiger partial charge in [0, 0.05) is 79.0 Å². The monoisotopic (exact) mass is 482 g/mol. The van der Waals surface area contributed by atoms with Gasteiger partial charge < -0.3 is 19.3 Å². The minimum Gasteiger partial charge on any atom is -0.497 e. The number of halogens is 2. The van der Waals surface area contributed by atoms with E-state index in [9.17, 15) is 22.6 Å². The van der Waals surface area contributed by atoms with E-state index in [0.29, 0.717) is 41.4 Å². The lowest BCUT2D eigenvalue weighted by atomic mass is 9.94. The maximum Gasteiger partial charge on any atom is 0.166 e. The highest BCUT2D eigenvalue weighted by molar-refractivity contribution is 7.85. The molecule has 33 heavy (non-hydrogen) atoms. The van der Waals surface area contributed by atoms with E-state index in [1.54, 1.807) is 18.9 Å². The second kappa shape index (κ2) is 12.6. The molecule has 1 heterocycles. The average Bonchev–Trinajstić information content (AvgIpc) is 2.77. The molecule has 0 bridgehead atoms. The van der Waals surface area contributed by atoms with Crippen LogP contribution in [-0.2, 0) is 20.4 Å². The maximum atomic E-state index is 14.6. The Morgan fingerprint density at radius 2 is 1.82 bits per heavy atom. The van der Waals surface area contributed by atoms with Crippen LogP contribution in [0.2, 0.25) is 0 Å². The molecule has 1 aromatic rings. The van der Waals surface area contributed by atoms with Crippen molar-refractivity contribution in [1.29, 1.82) is 0 Å². The van der Waals surface area contributed by atoms with Crippen LogP contribution in [0.4, 0.5) is 8.78 Å². The van der Waals surface area contributed by atoms with Gasteiger partial charge in [-0.25, -0.2) is 8.78 Å². The first-order valence-corrected chi connectivity index (χ1v) is 12.3. The molecule has 0 amide bonds. The normalized spacial score (nSPS) is 20.2. The van der Waals surface area contributed by atoms with Crippen LogP contribution < -0.4 is 4.74 Å². The fourth-order valence-corrected chi connectivity index (χ4v) is 5.28. The number of likely N-dealkylation sites (N-methyl/N-ethyl adjacent to an activating group) is 1. The number of aldehydes is 2. The molecular formula is C24H32F2N2O4S. The van der Waals surface area contributed by atoms with Crippen LogP contribution in [0.1, 0.15) is 37.7 Å². The van der Waals surface area contributed by atoms with Crippen molar-refractivity contribution in [3.8, 4) is 5.75 Å². The van der Waals surface area contributed by atoms with Gasteiger partial charge in [-0.3, -0.25) is 9.00 Å². The molecule has 1 atom stereocenters. The molecule has 1 aliphatic heterocycles. The predicted octanol–water partition coefficient (Wildman–Crippen LogP) is 3.41. The Hall–Kier alpha value is -2.55. The highest BCUT2D eigenvalue weighted by Gasteiger charge is 2.24.